The third-order valence-electron chi connectivity index (χ3n) is 4.04. The topological polar surface area (TPSA) is 197 Å². The second-order valence-corrected chi connectivity index (χ2v) is 11.4. The zero-order valence-electron chi connectivity index (χ0n) is 16.4. The van der Waals surface area contributed by atoms with E-state index in [9.17, 15) is 23.8 Å². The summed E-state index contributed by atoms with van der Waals surface area (Å²) in [7, 11) is -11.0. The molecule has 0 aliphatic carbocycles. The molecule has 30 heavy (non-hydrogen) atoms. The van der Waals surface area contributed by atoms with Crippen LogP contribution in [0.5, 0.6) is 0 Å². The van der Waals surface area contributed by atoms with Crippen molar-refractivity contribution in [1.82, 2.24) is 15.5 Å². The van der Waals surface area contributed by atoms with Gasteiger partial charge in [0.25, 0.3) is 5.08 Å². The van der Waals surface area contributed by atoms with Gasteiger partial charge < -0.3 is 35.3 Å². The number of carbonyl (C=O) groups excluding carboxylic acids is 2. The summed E-state index contributed by atoms with van der Waals surface area (Å²) < 4.78 is 22.5. The van der Waals surface area contributed by atoms with Gasteiger partial charge in [-0.3, -0.25) is 23.6 Å². The largest absolute Gasteiger partial charge is 0.369 e. The average Bonchev–Trinajstić information content (AvgIpc) is 2.61. The lowest BCUT2D eigenvalue weighted by atomic mass is 10.2. The maximum Gasteiger partial charge on any atom is 0.369 e. The highest BCUT2D eigenvalue weighted by atomic mass is 32.1. The first kappa shape index (κ1) is 29.9. The van der Waals surface area contributed by atoms with Gasteiger partial charge in [-0.2, -0.15) is 25.3 Å². The summed E-state index contributed by atoms with van der Waals surface area (Å²) in [6.45, 7) is 1.52. The zero-order valence-corrected chi connectivity index (χ0v) is 20.0. The van der Waals surface area contributed by atoms with Crippen molar-refractivity contribution >= 4 is 52.3 Å². The Labute approximate surface area is 186 Å². The van der Waals surface area contributed by atoms with Crippen LogP contribution in [-0.2, 0) is 18.7 Å². The summed E-state index contributed by atoms with van der Waals surface area (Å²) in [5, 5.41) is 11.4. The lowest BCUT2D eigenvalue weighted by Crippen LogP contribution is -2.39. The molecule has 0 atom stereocenters. The zero-order chi connectivity index (χ0) is 23.4. The number of rotatable bonds is 16. The summed E-state index contributed by atoms with van der Waals surface area (Å²) in [6, 6.07) is 0. The van der Waals surface area contributed by atoms with Crippen LogP contribution >= 0.6 is 40.4 Å². The number of nitrogens with one attached hydrogen (secondary N) is 2. The Morgan fingerprint density at radius 1 is 0.867 bits per heavy atom. The molecule has 0 aromatic carbocycles. The molecule has 0 spiro atoms. The minimum atomic E-state index is -5.50. The molecule has 0 bridgehead atoms. The van der Waals surface area contributed by atoms with Crippen molar-refractivity contribution in [2.24, 2.45) is 0 Å². The standard InChI is InChI=1S/C14H31N3O9P2S2/c18-12(3-1-7-17(8-10-30)11-13(19)16-6-9-29)15-5-2-4-14(20,27(21,22)23)28(24,25)26/h20,29-30H,1-11H2,(H,15,18)(H,16,19)(H2,21,22,23)(H2,24,25,26). The van der Waals surface area contributed by atoms with E-state index in [0.29, 0.717) is 37.6 Å². The predicted molar refractivity (Wildman–Crippen MR) is 118 cm³/mol. The van der Waals surface area contributed by atoms with Crippen LogP contribution in [0.1, 0.15) is 25.7 Å². The highest BCUT2D eigenvalue weighted by molar-refractivity contribution is 7.80. The van der Waals surface area contributed by atoms with Gasteiger partial charge in [-0.25, -0.2) is 0 Å². The van der Waals surface area contributed by atoms with Crippen LogP contribution < -0.4 is 10.6 Å². The molecular formula is C14H31N3O9P2S2. The summed E-state index contributed by atoms with van der Waals surface area (Å²) in [5.41, 5.74) is 0. The average molecular weight is 511 g/mol. The van der Waals surface area contributed by atoms with Crippen LogP contribution in [0, 0.1) is 0 Å². The first-order chi connectivity index (χ1) is 13.8. The SMILES string of the molecule is O=C(CCCN(CCS)CC(=O)NCCS)NCCCC(O)(P(=O)(O)O)P(=O)(O)O. The minimum absolute atomic E-state index is 0.114. The normalized spacial score (nSPS) is 12.8. The molecule has 0 fully saturated rings. The van der Waals surface area contributed by atoms with Gasteiger partial charge in [-0.05, 0) is 19.4 Å². The van der Waals surface area contributed by atoms with Crippen molar-refractivity contribution in [1.29, 1.82) is 0 Å². The van der Waals surface area contributed by atoms with Crippen LogP contribution in [-0.4, -0.2) is 90.7 Å². The number of amides is 2. The van der Waals surface area contributed by atoms with E-state index in [1.165, 1.54) is 0 Å². The Balaban J connectivity index is 4.34. The highest BCUT2D eigenvalue weighted by Crippen LogP contribution is 2.69. The van der Waals surface area contributed by atoms with Crippen molar-refractivity contribution < 1.29 is 43.4 Å². The predicted octanol–water partition coefficient (Wildman–Crippen LogP) is -1.06. The summed E-state index contributed by atoms with van der Waals surface area (Å²) in [5.74, 6) is 0.529. The van der Waals surface area contributed by atoms with E-state index in [2.05, 4.69) is 35.9 Å². The molecule has 0 aromatic heterocycles. The lowest BCUT2D eigenvalue weighted by Gasteiger charge is -2.29. The third kappa shape index (κ3) is 10.9. The molecule has 0 heterocycles. The minimum Gasteiger partial charge on any atom is -0.368 e. The van der Waals surface area contributed by atoms with E-state index >= 15 is 0 Å². The molecule has 0 saturated heterocycles. The molecule has 12 nitrogen and oxygen atoms in total. The number of thiol groups is 2. The van der Waals surface area contributed by atoms with Crippen molar-refractivity contribution in [3.8, 4) is 0 Å². The molecular weight excluding hydrogens is 480 g/mol. The Kier molecular flexibility index (Phi) is 14.0. The molecule has 16 heteroatoms. The summed E-state index contributed by atoms with van der Waals surface area (Å²) in [6.07, 6.45) is -0.592. The number of carbonyl (C=O) groups is 2. The van der Waals surface area contributed by atoms with E-state index in [-0.39, 0.29) is 37.7 Å². The van der Waals surface area contributed by atoms with Crippen molar-refractivity contribution in [2.75, 3.05) is 44.2 Å². The third-order valence-corrected chi connectivity index (χ3v) is 8.34. The van der Waals surface area contributed by atoms with E-state index < -0.39 is 26.7 Å². The van der Waals surface area contributed by atoms with Crippen LogP contribution in [0.15, 0.2) is 0 Å². The number of nitrogens with zero attached hydrogens (tertiary/aromatic N) is 1. The van der Waals surface area contributed by atoms with Crippen molar-refractivity contribution in [3.63, 3.8) is 0 Å². The van der Waals surface area contributed by atoms with E-state index in [0.717, 1.165) is 0 Å². The van der Waals surface area contributed by atoms with Crippen LogP contribution in [0.3, 0.4) is 0 Å². The Morgan fingerprint density at radius 3 is 1.93 bits per heavy atom. The number of aliphatic hydroxyl groups is 1. The van der Waals surface area contributed by atoms with Gasteiger partial charge >= 0.3 is 15.2 Å². The Morgan fingerprint density at radius 2 is 1.43 bits per heavy atom. The van der Waals surface area contributed by atoms with Gasteiger partial charge in [-0.15, -0.1) is 0 Å². The van der Waals surface area contributed by atoms with Crippen LogP contribution in [0.25, 0.3) is 0 Å². The molecule has 7 N–H and O–H groups in total. The van der Waals surface area contributed by atoms with Crippen LogP contribution in [0.2, 0.25) is 0 Å². The van der Waals surface area contributed by atoms with Crippen molar-refractivity contribution in [2.45, 2.75) is 30.8 Å². The highest BCUT2D eigenvalue weighted by Gasteiger charge is 2.58. The fourth-order valence-electron chi connectivity index (χ4n) is 2.43. The van der Waals surface area contributed by atoms with Gasteiger partial charge in [-0.1, -0.05) is 0 Å². The van der Waals surface area contributed by atoms with Gasteiger partial charge in [0.1, 0.15) is 0 Å². The van der Waals surface area contributed by atoms with E-state index in [1.54, 1.807) is 0 Å². The smallest absolute Gasteiger partial charge is 0.368 e. The molecule has 0 radical (unpaired) electrons. The van der Waals surface area contributed by atoms with Gasteiger partial charge in [0.15, 0.2) is 0 Å². The molecule has 0 rings (SSSR count). The molecule has 0 aliphatic heterocycles. The van der Waals surface area contributed by atoms with Crippen LogP contribution in [0.4, 0.5) is 0 Å². The van der Waals surface area contributed by atoms with E-state index in [4.69, 9.17) is 19.6 Å². The molecule has 178 valence electrons. The lowest BCUT2D eigenvalue weighted by molar-refractivity contribution is -0.122. The number of hydrogen-bond acceptors (Lipinski definition) is 8. The first-order valence-corrected chi connectivity index (χ1v) is 13.6. The fourth-order valence-corrected chi connectivity index (χ4v) is 5.08. The van der Waals surface area contributed by atoms with Gasteiger partial charge in [0.05, 0.1) is 6.54 Å². The van der Waals surface area contributed by atoms with Crippen molar-refractivity contribution in [3.05, 3.63) is 0 Å². The summed E-state index contributed by atoms with van der Waals surface area (Å²) >= 11 is 8.15. The molecule has 2 amide bonds. The quantitative estimate of drug-likeness (QED) is 0.0700. The fraction of sp³-hybridized carbons (Fsp3) is 0.857. The van der Waals surface area contributed by atoms with Gasteiger partial charge in [0, 0.05) is 44.0 Å². The maximum absolute atomic E-state index is 11.9. The Hall–Kier alpha value is -0.140. The second-order valence-electron chi connectivity index (χ2n) is 6.49. The molecule has 0 unspecified atom stereocenters. The Bertz CT molecular complexity index is 622. The molecule has 0 aromatic rings. The maximum atomic E-state index is 11.9. The molecule has 0 saturated carbocycles. The summed E-state index contributed by atoms with van der Waals surface area (Å²) in [4.78, 5) is 61.6. The second kappa shape index (κ2) is 14.1. The number of hydrogen-bond donors (Lipinski definition) is 9. The van der Waals surface area contributed by atoms with Gasteiger partial charge in [0.2, 0.25) is 11.8 Å². The first-order valence-electron chi connectivity index (χ1n) is 9.09. The molecule has 0 aliphatic rings. The monoisotopic (exact) mass is 511 g/mol. The van der Waals surface area contributed by atoms with E-state index in [1.807, 2.05) is 4.90 Å².